The molecule has 2 aliphatic heterocycles. The molecule has 0 aromatic carbocycles. The van der Waals surface area contributed by atoms with Gasteiger partial charge in [-0.3, -0.25) is 0 Å². The molecule has 0 bridgehead atoms. The van der Waals surface area contributed by atoms with Crippen LogP contribution in [0.4, 0.5) is 0 Å². The summed E-state index contributed by atoms with van der Waals surface area (Å²) in [5.41, 5.74) is 0. The molecule has 0 spiro atoms. The summed E-state index contributed by atoms with van der Waals surface area (Å²) in [4.78, 5) is 0. The summed E-state index contributed by atoms with van der Waals surface area (Å²) in [5, 5.41) is 0. The van der Waals surface area contributed by atoms with E-state index in [9.17, 15) is 0 Å². The van der Waals surface area contributed by atoms with Crippen LogP contribution in [0.2, 0.25) is 0 Å². The molecule has 0 amide bonds. The second-order valence-corrected chi connectivity index (χ2v) is 1.83. The Kier molecular flexibility index (Phi) is 0.640. The van der Waals surface area contributed by atoms with Crippen LogP contribution in [-0.4, -0.2) is 12.7 Å². The summed E-state index contributed by atoms with van der Waals surface area (Å²) in [6, 6.07) is 0. The molecule has 0 aliphatic carbocycles. The predicted octanol–water partition coefficient (Wildman–Crippen LogP) is 0.813. The molecule has 1 fully saturated rings. The molecule has 0 saturated carbocycles. The normalized spacial score (nSPS) is 31.0. The van der Waals surface area contributed by atoms with Crippen LogP contribution in [0.1, 0.15) is 0 Å². The Bertz CT molecular complexity index is 158. The van der Waals surface area contributed by atoms with E-state index >= 15 is 0 Å². The quantitative estimate of drug-likeness (QED) is 0.459. The fraction of sp³-hybridized carbons (Fsp3) is 0.333. The minimum Gasteiger partial charge on any atom is -0.489 e. The van der Waals surface area contributed by atoms with Crippen LogP contribution in [0.25, 0.3) is 0 Å². The molecule has 0 radical (unpaired) electrons. The fourth-order valence-electron chi connectivity index (χ4n) is 0.784. The first kappa shape index (κ1) is 4.01. The molecule has 8 heavy (non-hydrogen) atoms. The third-order valence-corrected chi connectivity index (χ3v) is 1.30. The first-order valence-electron chi connectivity index (χ1n) is 2.62. The molecular weight excluding hydrogens is 104 g/mol. The average molecular weight is 110 g/mol. The van der Waals surface area contributed by atoms with Gasteiger partial charge in [0.25, 0.3) is 0 Å². The Balaban J connectivity index is 2.23. The summed E-state index contributed by atoms with van der Waals surface area (Å²) in [7, 11) is 0. The number of hydrogen-bond donors (Lipinski definition) is 0. The molecule has 1 atom stereocenters. The van der Waals surface area contributed by atoms with Gasteiger partial charge in [-0.15, -0.1) is 0 Å². The molecule has 2 rings (SSSR count). The van der Waals surface area contributed by atoms with Gasteiger partial charge in [0.1, 0.15) is 12.4 Å². The second-order valence-electron chi connectivity index (χ2n) is 1.83. The third kappa shape index (κ3) is 0.372. The van der Waals surface area contributed by atoms with E-state index in [-0.39, 0.29) is 6.10 Å². The largest absolute Gasteiger partial charge is 0.489 e. The highest BCUT2D eigenvalue weighted by molar-refractivity contribution is 5.18. The topological polar surface area (TPSA) is 18.5 Å². The molecule has 2 heteroatoms. The molecule has 0 aromatic rings. The van der Waals surface area contributed by atoms with Crippen molar-refractivity contribution < 1.29 is 9.47 Å². The van der Waals surface area contributed by atoms with Gasteiger partial charge in [0.15, 0.2) is 6.10 Å². The maximum absolute atomic E-state index is 5.10. The summed E-state index contributed by atoms with van der Waals surface area (Å²) in [5.74, 6) is 0.965. The predicted molar refractivity (Wildman–Crippen MR) is 28.0 cm³/mol. The molecule has 1 unspecified atom stereocenters. The van der Waals surface area contributed by atoms with Crippen molar-refractivity contribution in [3.8, 4) is 0 Å². The van der Waals surface area contributed by atoms with Crippen molar-refractivity contribution in [2.75, 3.05) is 6.61 Å². The lowest BCUT2D eigenvalue weighted by Gasteiger charge is -2.30. The summed E-state index contributed by atoms with van der Waals surface area (Å²) in [6.07, 6.45) is 5.69. The van der Waals surface area contributed by atoms with Crippen LogP contribution in [0.15, 0.2) is 24.2 Å². The Morgan fingerprint density at radius 3 is 3.00 bits per heavy atom. The lowest BCUT2D eigenvalue weighted by molar-refractivity contribution is -0.0401. The van der Waals surface area contributed by atoms with Gasteiger partial charge in [-0.2, -0.15) is 0 Å². The first-order chi connectivity index (χ1) is 3.97. The molecule has 42 valence electrons. The SMILES string of the molecule is C1=COC2COC2=C1. The first-order valence-corrected chi connectivity index (χ1v) is 2.62. The second kappa shape index (κ2) is 1.28. The fourth-order valence-corrected chi connectivity index (χ4v) is 0.784. The van der Waals surface area contributed by atoms with Crippen LogP contribution in [0, 0.1) is 0 Å². The van der Waals surface area contributed by atoms with Gasteiger partial charge in [0, 0.05) is 0 Å². The highest BCUT2D eigenvalue weighted by atomic mass is 16.6. The molecule has 0 aromatic heterocycles. The zero-order valence-electron chi connectivity index (χ0n) is 4.33. The van der Waals surface area contributed by atoms with Crippen molar-refractivity contribution in [3.63, 3.8) is 0 Å². The standard InChI is InChI=1S/C6H6O2/c1-2-5-6(4-8-5)7-3-1/h1-3,6H,4H2. The van der Waals surface area contributed by atoms with Crippen LogP contribution in [0.5, 0.6) is 0 Å². The van der Waals surface area contributed by atoms with Crippen molar-refractivity contribution in [1.82, 2.24) is 0 Å². The van der Waals surface area contributed by atoms with Crippen LogP contribution >= 0.6 is 0 Å². The summed E-state index contributed by atoms with van der Waals surface area (Å²) < 4.78 is 10.1. The van der Waals surface area contributed by atoms with Crippen LogP contribution in [0.3, 0.4) is 0 Å². The molecule has 0 N–H and O–H groups in total. The molecule has 1 saturated heterocycles. The lowest BCUT2D eigenvalue weighted by Crippen LogP contribution is -2.33. The van der Waals surface area contributed by atoms with E-state index in [1.54, 1.807) is 6.26 Å². The maximum atomic E-state index is 5.10. The van der Waals surface area contributed by atoms with E-state index in [0.29, 0.717) is 0 Å². The zero-order chi connectivity index (χ0) is 5.40. The van der Waals surface area contributed by atoms with E-state index in [0.717, 1.165) is 12.4 Å². The van der Waals surface area contributed by atoms with Crippen molar-refractivity contribution in [2.24, 2.45) is 0 Å². The Morgan fingerprint density at radius 2 is 2.62 bits per heavy atom. The third-order valence-electron chi connectivity index (χ3n) is 1.30. The monoisotopic (exact) mass is 110 g/mol. The van der Waals surface area contributed by atoms with Crippen LogP contribution in [-0.2, 0) is 9.47 Å². The number of allylic oxidation sites excluding steroid dienone is 2. The number of fused-ring (bicyclic) bond motifs is 1. The highest BCUT2D eigenvalue weighted by Crippen LogP contribution is 2.23. The van der Waals surface area contributed by atoms with Gasteiger partial charge < -0.3 is 9.47 Å². The summed E-state index contributed by atoms with van der Waals surface area (Å²) in [6.45, 7) is 0.718. The van der Waals surface area contributed by atoms with Gasteiger partial charge in [0.05, 0.1) is 6.26 Å². The van der Waals surface area contributed by atoms with E-state index in [1.165, 1.54) is 0 Å². The zero-order valence-corrected chi connectivity index (χ0v) is 4.33. The van der Waals surface area contributed by atoms with Crippen LogP contribution < -0.4 is 0 Å². The number of hydrogen-bond acceptors (Lipinski definition) is 2. The smallest absolute Gasteiger partial charge is 0.188 e. The van der Waals surface area contributed by atoms with E-state index in [4.69, 9.17) is 9.47 Å². The Labute approximate surface area is 47.4 Å². The number of rotatable bonds is 0. The van der Waals surface area contributed by atoms with E-state index < -0.39 is 0 Å². The molecule has 2 aliphatic rings. The van der Waals surface area contributed by atoms with E-state index in [2.05, 4.69) is 0 Å². The number of ether oxygens (including phenoxy) is 2. The highest BCUT2D eigenvalue weighted by Gasteiger charge is 2.27. The van der Waals surface area contributed by atoms with Crippen molar-refractivity contribution >= 4 is 0 Å². The lowest BCUT2D eigenvalue weighted by atomic mass is 10.2. The minimum atomic E-state index is 0.236. The molecule has 2 nitrogen and oxygen atoms in total. The summed E-state index contributed by atoms with van der Waals surface area (Å²) >= 11 is 0. The van der Waals surface area contributed by atoms with E-state index in [1.807, 2.05) is 12.2 Å². The van der Waals surface area contributed by atoms with Gasteiger partial charge in [-0.25, -0.2) is 0 Å². The maximum Gasteiger partial charge on any atom is 0.188 e. The molecule has 2 heterocycles. The minimum absolute atomic E-state index is 0.236. The van der Waals surface area contributed by atoms with Gasteiger partial charge in [-0.05, 0) is 12.2 Å². The van der Waals surface area contributed by atoms with Crippen molar-refractivity contribution in [1.29, 1.82) is 0 Å². The molecular formula is C6H6O2. The van der Waals surface area contributed by atoms with Crippen molar-refractivity contribution in [2.45, 2.75) is 6.10 Å². The van der Waals surface area contributed by atoms with Gasteiger partial charge in [-0.1, -0.05) is 0 Å². The average Bonchev–Trinajstić information content (AvgIpc) is 1.72. The van der Waals surface area contributed by atoms with Gasteiger partial charge in [0.2, 0.25) is 0 Å². The Hall–Kier alpha value is -0.920. The van der Waals surface area contributed by atoms with Gasteiger partial charge >= 0.3 is 0 Å². The van der Waals surface area contributed by atoms with Crippen molar-refractivity contribution in [3.05, 3.63) is 24.2 Å². The Morgan fingerprint density at radius 1 is 1.62 bits per heavy atom.